The predicted octanol–water partition coefficient (Wildman–Crippen LogP) is 5.36. The van der Waals surface area contributed by atoms with Crippen molar-refractivity contribution in [2.45, 2.75) is 58.4 Å². The molecule has 0 atom stereocenters. The summed E-state index contributed by atoms with van der Waals surface area (Å²) >= 11 is 11.8. The minimum absolute atomic E-state index is 0.103. The molecule has 0 spiro atoms. The molecule has 0 aliphatic heterocycles. The van der Waals surface area contributed by atoms with E-state index in [1.165, 1.54) is 25.7 Å². The van der Waals surface area contributed by atoms with Gasteiger partial charge in [-0.05, 0) is 24.1 Å². The van der Waals surface area contributed by atoms with Gasteiger partial charge in [0.05, 0.1) is 10.0 Å². The molecule has 112 valence electrons. The first kappa shape index (κ1) is 17.3. The number of rotatable bonds is 9. The van der Waals surface area contributed by atoms with Gasteiger partial charge in [0, 0.05) is 13.0 Å². The summed E-state index contributed by atoms with van der Waals surface area (Å²) < 4.78 is 0. The first-order chi connectivity index (χ1) is 9.63. The van der Waals surface area contributed by atoms with Crippen LogP contribution in [0.2, 0.25) is 10.0 Å². The largest absolute Gasteiger partial charge is 0.352 e. The third kappa shape index (κ3) is 7.16. The van der Waals surface area contributed by atoms with Crippen molar-refractivity contribution in [3.8, 4) is 0 Å². The van der Waals surface area contributed by atoms with E-state index in [9.17, 15) is 4.79 Å². The van der Waals surface area contributed by atoms with E-state index in [0.717, 1.165) is 18.4 Å². The van der Waals surface area contributed by atoms with E-state index in [1.54, 1.807) is 12.1 Å². The molecule has 0 fully saturated rings. The van der Waals surface area contributed by atoms with Crippen molar-refractivity contribution in [3.05, 3.63) is 33.8 Å². The van der Waals surface area contributed by atoms with E-state index >= 15 is 0 Å². The Labute approximate surface area is 131 Å². The Balaban J connectivity index is 2.15. The fraction of sp³-hybridized carbons (Fsp3) is 0.562. The number of unbranched alkanes of at least 4 members (excludes halogenated alkanes) is 5. The molecule has 2 nitrogen and oxygen atoms in total. The van der Waals surface area contributed by atoms with Gasteiger partial charge in [-0.1, -0.05) is 68.3 Å². The molecule has 1 aromatic rings. The Morgan fingerprint density at radius 2 is 1.75 bits per heavy atom. The van der Waals surface area contributed by atoms with Crippen LogP contribution in [0.4, 0.5) is 0 Å². The molecular formula is C16H23Cl2NO. The maximum absolute atomic E-state index is 11.7. The van der Waals surface area contributed by atoms with Gasteiger partial charge in [0.2, 0.25) is 5.91 Å². The van der Waals surface area contributed by atoms with Crippen molar-refractivity contribution in [1.82, 2.24) is 5.32 Å². The van der Waals surface area contributed by atoms with Gasteiger partial charge in [-0.15, -0.1) is 0 Å². The van der Waals surface area contributed by atoms with Gasteiger partial charge in [0.1, 0.15) is 0 Å². The summed E-state index contributed by atoms with van der Waals surface area (Å²) in [7, 11) is 0. The molecule has 1 rings (SSSR count). The van der Waals surface area contributed by atoms with Crippen LogP contribution in [-0.4, -0.2) is 5.91 Å². The Kier molecular flexibility index (Phi) is 8.72. The molecule has 0 unspecified atom stereocenters. The van der Waals surface area contributed by atoms with Crippen molar-refractivity contribution in [3.63, 3.8) is 0 Å². The van der Waals surface area contributed by atoms with Gasteiger partial charge in [-0.3, -0.25) is 4.79 Å². The second-order valence-electron chi connectivity index (χ2n) is 5.04. The standard InChI is InChI=1S/C16H23Cl2NO/c1-2-3-4-5-6-7-8-16(20)19-12-13-9-10-14(17)15(18)11-13/h9-11H,2-8,12H2,1H3,(H,19,20). The van der Waals surface area contributed by atoms with Crippen LogP contribution in [0.15, 0.2) is 18.2 Å². The van der Waals surface area contributed by atoms with E-state index in [0.29, 0.717) is 23.0 Å². The first-order valence-electron chi connectivity index (χ1n) is 7.34. The Hall–Kier alpha value is -0.730. The van der Waals surface area contributed by atoms with Crippen molar-refractivity contribution in [2.24, 2.45) is 0 Å². The van der Waals surface area contributed by atoms with Crippen LogP contribution in [0.1, 0.15) is 57.4 Å². The molecule has 20 heavy (non-hydrogen) atoms. The van der Waals surface area contributed by atoms with Crippen LogP contribution in [0.25, 0.3) is 0 Å². The van der Waals surface area contributed by atoms with Gasteiger partial charge >= 0.3 is 0 Å². The fourth-order valence-electron chi connectivity index (χ4n) is 2.00. The number of hydrogen-bond donors (Lipinski definition) is 1. The molecule has 0 aromatic heterocycles. The topological polar surface area (TPSA) is 29.1 Å². The van der Waals surface area contributed by atoms with Crippen LogP contribution >= 0.6 is 23.2 Å². The lowest BCUT2D eigenvalue weighted by Crippen LogP contribution is -2.22. The highest BCUT2D eigenvalue weighted by atomic mass is 35.5. The van der Waals surface area contributed by atoms with E-state index in [4.69, 9.17) is 23.2 Å². The van der Waals surface area contributed by atoms with Crippen molar-refractivity contribution in [1.29, 1.82) is 0 Å². The maximum Gasteiger partial charge on any atom is 0.220 e. The van der Waals surface area contributed by atoms with E-state index in [1.807, 2.05) is 6.07 Å². The molecular weight excluding hydrogens is 293 g/mol. The summed E-state index contributed by atoms with van der Waals surface area (Å²) in [5.41, 5.74) is 0.968. The van der Waals surface area contributed by atoms with Gasteiger partial charge in [0.15, 0.2) is 0 Å². The monoisotopic (exact) mass is 315 g/mol. The van der Waals surface area contributed by atoms with Crippen LogP contribution < -0.4 is 5.32 Å². The Bertz CT molecular complexity index is 421. The summed E-state index contributed by atoms with van der Waals surface area (Å²) in [5.74, 6) is 0.103. The number of halogens is 2. The molecule has 0 heterocycles. The second kappa shape index (κ2) is 10.1. The third-order valence-corrected chi connectivity index (χ3v) is 3.97. The molecule has 0 saturated carbocycles. The first-order valence-corrected chi connectivity index (χ1v) is 8.09. The van der Waals surface area contributed by atoms with E-state index in [-0.39, 0.29) is 5.91 Å². The highest BCUT2D eigenvalue weighted by molar-refractivity contribution is 6.42. The Morgan fingerprint density at radius 1 is 1.05 bits per heavy atom. The fourth-order valence-corrected chi connectivity index (χ4v) is 2.33. The number of carbonyl (C=O) groups excluding carboxylic acids is 1. The van der Waals surface area contributed by atoms with Crippen LogP contribution in [0.5, 0.6) is 0 Å². The number of carbonyl (C=O) groups is 1. The quantitative estimate of drug-likeness (QED) is 0.610. The molecule has 0 aliphatic rings. The molecule has 4 heteroatoms. The van der Waals surface area contributed by atoms with E-state index < -0.39 is 0 Å². The lowest BCUT2D eigenvalue weighted by molar-refractivity contribution is -0.121. The minimum atomic E-state index is 0.103. The lowest BCUT2D eigenvalue weighted by atomic mass is 10.1. The molecule has 0 aliphatic carbocycles. The summed E-state index contributed by atoms with van der Waals surface area (Å²) in [6, 6.07) is 5.41. The molecule has 0 radical (unpaired) electrons. The molecule has 1 N–H and O–H groups in total. The number of nitrogens with one attached hydrogen (secondary N) is 1. The molecule has 0 saturated heterocycles. The molecule has 1 amide bonds. The second-order valence-corrected chi connectivity index (χ2v) is 5.86. The molecule has 1 aromatic carbocycles. The van der Waals surface area contributed by atoms with Crippen LogP contribution in [0.3, 0.4) is 0 Å². The highest BCUT2D eigenvalue weighted by Gasteiger charge is 2.03. The normalized spacial score (nSPS) is 10.6. The zero-order valence-electron chi connectivity index (χ0n) is 12.1. The number of benzene rings is 1. The smallest absolute Gasteiger partial charge is 0.220 e. The predicted molar refractivity (Wildman–Crippen MR) is 86.3 cm³/mol. The van der Waals surface area contributed by atoms with Gasteiger partial charge in [-0.25, -0.2) is 0 Å². The van der Waals surface area contributed by atoms with Gasteiger partial charge < -0.3 is 5.32 Å². The number of amides is 1. The third-order valence-electron chi connectivity index (χ3n) is 3.23. The summed E-state index contributed by atoms with van der Waals surface area (Å²) in [5, 5.41) is 3.97. The van der Waals surface area contributed by atoms with Crippen molar-refractivity contribution in [2.75, 3.05) is 0 Å². The highest BCUT2D eigenvalue weighted by Crippen LogP contribution is 2.22. The SMILES string of the molecule is CCCCCCCCC(=O)NCc1ccc(Cl)c(Cl)c1. The Morgan fingerprint density at radius 3 is 2.45 bits per heavy atom. The van der Waals surface area contributed by atoms with Gasteiger partial charge in [0.25, 0.3) is 0 Å². The van der Waals surface area contributed by atoms with E-state index in [2.05, 4.69) is 12.2 Å². The summed E-state index contributed by atoms with van der Waals surface area (Å²) in [6.45, 7) is 2.71. The maximum atomic E-state index is 11.7. The lowest BCUT2D eigenvalue weighted by Gasteiger charge is -2.06. The minimum Gasteiger partial charge on any atom is -0.352 e. The van der Waals surface area contributed by atoms with Crippen molar-refractivity contribution >= 4 is 29.1 Å². The zero-order chi connectivity index (χ0) is 14.8. The van der Waals surface area contributed by atoms with Crippen molar-refractivity contribution < 1.29 is 4.79 Å². The molecule has 0 bridgehead atoms. The number of hydrogen-bond acceptors (Lipinski definition) is 1. The summed E-state index contributed by atoms with van der Waals surface area (Å²) in [4.78, 5) is 11.7. The summed E-state index contributed by atoms with van der Waals surface area (Å²) in [6.07, 6.45) is 7.77. The van der Waals surface area contributed by atoms with Gasteiger partial charge in [-0.2, -0.15) is 0 Å². The van der Waals surface area contributed by atoms with Crippen LogP contribution in [-0.2, 0) is 11.3 Å². The average molecular weight is 316 g/mol. The zero-order valence-corrected chi connectivity index (χ0v) is 13.6. The van der Waals surface area contributed by atoms with Crippen LogP contribution in [0, 0.1) is 0 Å². The average Bonchev–Trinajstić information content (AvgIpc) is 2.44.